The van der Waals surface area contributed by atoms with Crippen molar-refractivity contribution in [2.75, 3.05) is 20.2 Å². The molecule has 4 rings (SSSR count). The maximum absolute atomic E-state index is 6.46. The molecule has 0 unspecified atom stereocenters. The first-order valence-electron chi connectivity index (χ1n) is 9.29. The van der Waals surface area contributed by atoms with Crippen molar-refractivity contribution in [2.24, 2.45) is 0 Å². The third kappa shape index (κ3) is 3.45. The van der Waals surface area contributed by atoms with Gasteiger partial charge in [-0.25, -0.2) is 0 Å². The molecule has 2 heterocycles. The molecule has 1 fully saturated rings. The second-order valence-electron chi connectivity index (χ2n) is 6.99. The van der Waals surface area contributed by atoms with Gasteiger partial charge >= 0.3 is 0 Å². The summed E-state index contributed by atoms with van der Waals surface area (Å²) in [6, 6.07) is 19.2. The van der Waals surface area contributed by atoms with E-state index in [1.54, 1.807) is 7.11 Å². The highest BCUT2D eigenvalue weighted by atomic mass is 35.5. The van der Waals surface area contributed by atoms with E-state index in [0.29, 0.717) is 5.02 Å². The number of ether oxygens (including phenoxy) is 1. The Bertz CT molecular complexity index is 903. The van der Waals surface area contributed by atoms with Crippen molar-refractivity contribution in [3.8, 4) is 16.9 Å². The number of rotatable bonds is 4. The highest BCUT2D eigenvalue weighted by Crippen LogP contribution is 2.42. The molecule has 0 saturated carbocycles. The van der Waals surface area contributed by atoms with Crippen molar-refractivity contribution in [1.82, 2.24) is 10.3 Å². The monoisotopic (exact) mass is 378 g/mol. The maximum Gasteiger partial charge on any atom is 0.137 e. The molecule has 0 amide bonds. The van der Waals surface area contributed by atoms with E-state index in [1.807, 2.05) is 30.6 Å². The molecular formula is C23H23ClN2O. The summed E-state index contributed by atoms with van der Waals surface area (Å²) in [5.74, 6) is 0.720. The summed E-state index contributed by atoms with van der Waals surface area (Å²) in [6.07, 6.45) is 5.75. The number of benzene rings is 2. The summed E-state index contributed by atoms with van der Waals surface area (Å²) in [5.41, 5.74) is 4.95. The number of pyridine rings is 1. The molecule has 1 aromatic heterocycles. The minimum absolute atomic E-state index is 0.0298. The molecule has 1 aliphatic rings. The molecule has 1 saturated heterocycles. The minimum Gasteiger partial charge on any atom is -0.495 e. The molecule has 0 spiro atoms. The first kappa shape index (κ1) is 18.0. The zero-order chi connectivity index (χ0) is 18.7. The molecule has 4 heteroatoms. The van der Waals surface area contributed by atoms with Gasteiger partial charge in [-0.05, 0) is 72.5 Å². The van der Waals surface area contributed by atoms with Crippen LogP contribution in [0.3, 0.4) is 0 Å². The smallest absolute Gasteiger partial charge is 0.137 e. The quantitative estimate of drug-likeness (QED) is 0.687. The summed E-state index contributed by atoms with van der Waals surface area (Å²) in [4.78, 5) is 4.11. The van der Waals surface area contributed by atoms with E-state index < -0.39 is 0 Å². The Kier molecular flexibility index (Phi) is 5.15. The third-order valence-electron chi connectivity index (χ3n) is 5.61. The van der Waals surface area contributed by atoms with Crippen LogP contribution in [0.5, 0.6) is 5.75 Å². The first-order chi connectivity index (χ1) is 13.2. The molecule has 138 valence electrons. The number of nitrogens with one attached hydrogen (secondary N) is 1. The topological polar surface area (TPSA) is 34.1 Å². The van der Waals surface area contributed by atoms with Crippen molar-refractivity contribution in [3.05, 3.63) is 83.1 Å². The van der Waals surface area contributed by atoms with Crippen molar-refractivity contribution in [1.29, 1.82) is 0 Å². The zero-order valence-corrected chi connectivity index (χ0v) is 16.2. The summed E-state index contributed by atoms with van der Waals surface area (Å²) < 4.78 is 5.34. The Morgan fingerprint density at radius 2 is 1.52 bits per heavy atom. The van der Waals surface area contributed by atoms with Crippen LogP contribution >= 0.6 is 11.6 Å². The number of halogens is 1. The second-order valence-corrected chi connectivity index (χ2v) is 7.40. The highest BCUT2D eigenvalue weighted by Gasteiger charge is 2.36. The van der Waals surface area contributed by atoms with Gasteiger partial charge in [-0.3, -0.25) is 4.98 Å². The lowest BCUT2D eigenvalue weighted by Gasteiger charge is -2.39. The van der Waals surface area contributed by atoms with E-state index in [4.69, 9.17) is 16.3 Å². The van der Waals surface area contributed by atoms with Gasteiger partial charge in [-0.15, -0.1) is 0 Å². The molecule has 0 atom stereocenters. The summed E-state index contributed by atoms with van der Waals surface area (Å²) in [6.45, 7) is 1.99. The predicted octanol–water partition coefficient (Wildman–Crippen LogP) is 5.08. The van der Waals surface area contributed by atoms with Crippen LogP contribution in [0.1, 0.15) is 24.0 Å². The maximum atomic E-state index is 6.46. The van der Waals surface area contributed by atoms with Crippen molar-refractivity contribution in [2.45, 2.75) is 18.3 Å². The number of aromatic nitrogens is 1. The van der Waals surface area contributed by atoms with Gasteiger partial charge in [0.25, 0.3) is 0 Å². The van der Waals surface area contributed by atoms with Crippen LogP contribution in [0.15, 0.2) is 67.0 Å². The van der Waals surface area contributed by atoms with Gasteiger partial charge < -0.3 is 10.1 Å². The van der Waals surface area contributed by atoms with Gasteiger partial charge in [-0.2, -0.15) is 0 Å². The molecule has 1 aliphatic heterocycles. The van der Waals surface area contributed by atoms with E-state index in [1.165, 1.54) is 22.3 Å². The van der Waals surface area contributed by atoms with Gasteiger partial charge in [0.2, 0.25) is 0 Å². The number of piperidine rings is 1. The summed E-state index contributed by atoms with van der Waals surface area (Å²) >= 11 is 6.46. The second kappa shape index (κ2) is 7.71. The lowest BCUT2D eigenvalue weighted by Crippen LogP contribution is -2.40. The minimum atomic E-state index is -0.0298. The Hall–Kier alpha value is -2.36. The van der Waals surface area contributed by atoms with Crippen LogP contribution < -0.4 is 10.1 Å². The predicted molar refractivity (Wildman–Crippen MR) is 111 cm³/mol. The average Bonchev–Trinajstić information content (AvgIpc) is 2.75. The van der Waals surface area contributed by atoms with Gasteiger partial charge in [0.1, 0.15) is 5.75 Å². The average molecular weight is 379 g/mol. The summed E-state index contributed by atoms with van der Waals surface area (Å²) in [5, 5.41) is 4.16. The van der Waals surface area contributed by atoms with Crippen molar-refractivity contribution >= 4 is 11.6 Å². The highest BCUT2D eigenvalue weighted by molar-refractivity contribution is 6.32. The number of hydrogen-bond acceptors (Lipinski definition) is 3. The van der Waals surface area contributed by atoms with Crippen LogP contribution in [0.25, 0.3) is 11.1 Å². The molecule has 2 aromatic carbocycles. The number of nitrogens with zero attached hydrogens (tertiary/aromatic N) is 1. The van der Waals surface area contributed by atoms with Crippen LogP contribution in [0.2, 0.25) is 5.02 Å². The van der Waals surface area contributed by atoms with Gasteiger partial charge in [0, 0.05) is 17.8 Å². The Labute approximate surface area is 165 Å². The fraction of sp³-hybridized carbons (Fsp3) is 0.261. The van der Waals surface area contributed by atoms with Crippen molar-refractivity contribution < 1.29 is 4.74 Å². The Morgan fingerprint density at radius 1 is 0.889 bits per heavy atom. The van der Waals surface area contributed by atoms with Crippen LogP contribution in [-0.4, -0.2) is 25.2 Å². The van der Waals surface area contributed by atoms with E-state index in [9.17, 15) is 0 Å². The lowest BCUT2D eigenvalue weighted by molar-refractivity contribution is 0.361. The molecule has 3 aromatic rings. The molecule has 0 bridgehead atoms. The van der Waals surface area contributed by atoms with Gasteiger partial charge in [0.05, 0.1) is 12.1 Å². The van der Waals surface area contributed by atoms with Crippen LogP contribution in [0, 0.1) is 0 Å². The standard InChI is InChI=1S/C23H23ClN2O/c1-27-22-7-6-20(16-21(22)24)23(10-14-26-15-11-23)19-4-2-17(3-5-19)18-8-12-25-13-9-18/h2-9,12-13,16,26H,10-11,14-15H2,1H3. The first-order valence-corrected chi connectivity index (χ1v) is 9.66. The lowest BCUT2D eigenvalue weighted by atomic mass is 9.68. The van der Waals surface area contributed by atoms with E-state index in [-0.39, 0.29) is 5.41 Å². The third-order valence-corrected chi connectivity index (χ3v) is 5.91. The van der Waals surface area contributed by atoms with Gasteiger partial charge in [-0.1, -0.05) is 41.9 Å². The van der Waals surface area contributed by atoms with Crippen LogP contribution in [0.4, 0.5) is 0 Å². The van der Waals surface area contributed by atoms with E-state index in [0.717, 1.165) is 31.7 Å². The molecule has 3 nitrogen and oxygen atoms in total. The molecule has 0 radical (unpaired) electrons. The normalized spacial score (nSPS) is 16.1. The van der Waals surface area contributed by atoms with Gasteiger partial charge in [0.15, 0.2) is 0 Å². The Morgan fingerprint density at radius 3 is 2.15 bits per heavy atom. The molecule has 0 aliphatic carbocycles. The zero-order valence-electron chi connectivity index (χ0n) is 15.4. The molecule has 27 heavy (non-hydrogen) atoms. The largest absolute Gasteiger partial charge is 0.495 e. The molecule has 1 N–H and O–H groups in total. The fourth-order valence-corrected chi connectivity index (χ4v) is 4.35. The SMILES string of the molecule is COc1ccc(C2(c3ccc(-c4ccncc4)cc3)CCNCC2)cc1Cl. The molecular weight excluding hydrogens is 356 g/mol. The van der Waals surface area contributed by atoms with Crippen molar-refractivity contribution in [3.63, 3.8) is 0 Å². The summed E-state index contributed by atoms with van der Waals surface area (Å²) in [7, 11) is 1.65. The number of methoxy groups -OCH3 is 1. The van der Waals surface area contributed by atoms with Crippen LogP contribution in [-0.2, 0) is 5.41 Å². The van der Waals surface area contributed by atoms with E-state index in [2.05, 4.69) is 46.7 Å². The fourth-order valence-electron chi connectivity index (χ4n) is 4.09. The number of hydrogen-bond donors (Lipinski definition) is 1. The Balaban J connectivity index is 1.75. The van der Waals surface area contributed by atoms with E-state index >= 15 is 0 Å².